The average molecular weight is 328 g/mol. The SMILES string of the molecule is O=C(CCc1n[nH]c(=O)[nH]c1=O)Nc1cccc(C(F)(F)F)c1. The first kappa shape index (κ1) is 16.5. The van der Waals surface area contributed by atoms with Crippen molar-refractivity contribution in [1.29, 1.82) is 0 Å². The number of nitrogens with one attached hydrogen (secondary N) is 3. The zero-order valence-corrected chi connectivity index (χ0v) is 11.5. The summed E-state index contributed by atoms with van der Waals surface area (Å²) in [6, 6.07) is 4.19. The number of rotatable bonds is 4. The van der Waals surface area contributed by atoms with Crippen LogP contribution >= 0.6 is 0 Å². The van der Waals surface area contributed by atoms with E-state index in [0.29, 0.717) is 0 Å². The van der Waals surface area contributed by atoms with Crippen LogP contribution in [-0.2, 0) is 17.4 Å². The maximum atomic E-state index is 12.6. The summed E-state index contributed by atoms with van der Waals surface area (Å²) < 4.78 is 37.7. The normalized spacial score (nSPS) is 11.3. The summed E-state index contributed by atoms with van der Waals surface area (Å²) in [5, 5.41) is 7.82. The standard InChI is InChI=1S/C13H11F3N4O3/c14-13(15,16)7-2-1-3-8(6-7)17-10(21)5-4-9-11(22)18-12(23)20-19-9/h1-3,6H,4-5H2,(H,17,21)(H2,18,20,22,23). The minimum absolute atomic E-state index is 0.00633. The molecule has 2 rings (SSSR count). The van der Waals surface area contributed by atoms with Crippen molar-refractivity contribution in [2.75, 3.05) is 5.32 Å². The molecule has 0 radical (unpaired) electrons. The summed E-state index contributed by atoms with van der Waals surface area (Å²) in [4.78, 5) is 35.8. The number of halogens is 3. The highest BCUT2D eigenvalue weighted by molar-refractivity contribution is 5.90. The van der Waals surface area contributed by atoms with Crippen molar-refractivity contribution < 1.29 is 18.0 Å². The lowest BCUT2D eigenvalue weighted by molar-refractivity contribution is -0.137. The minimum atomic E-state index is -4.51. The van der Waals surface area contributed by atoms with Gasteiger partial charge in [0.15, 0.2) is 0 Å². The zero-order chi connectivity index (χ0) is 17.0. The summed E-state index contributed by atoms with van der Waals surface area (Å²) in [6.45, 7) is 0. The molecule has 3 N–H and O–H groups in total. The molecule has 1 aromatic carbocycles. The van der Waals surface area contributed by atoms with E-state index in [1.807, 2.05) is 10.1 Å². The van der Waals surface area contributed by atoms with Crippen LogP contribution in [0.5, 0.6) is 0 Å². The number of carbonyl (C=O) groups excluding carboxylic acids is 1. The predicted octanol–water partition coefficient (Wildman–Crippen LogP) is 1.05. The number of aryl methyl sites for hydroxylation is 1. The fraction of sp³-hybridized carbons (Fsp3) is 0.231. The molecule has 0 saturated carbocycles. The van der Waals surface area contributed by atoms with Gasteiger partial charge in [-0.05, 0) is 18.2 Å². The number of alkyl halides is 3. The third kappa shape index (κ3) is 4.53. The van der Waals surface area contributed by atoms with Crippen LogP contribution in [0.15, 0.2) is 33.9 Å². The van der Waals surface area contributed by atoms with Crippen LogP contribution in [0, 0.1) is 0 Å². The van der Waals surface area contributed by atoms with Crippen molar-refractivity contribution in [3.05, 3.63) is 56.4 Å². The maximum absolute atomic E-state index is 12.6. The molecule has 0 aliphatic heterocycles. The number of benzene rings is 1. The third-order valence-electron chi connectivity index (χ3n) is 2.84. The second-order valence-electron chi connectivity index (χ2n) is 4.58. The number of aromatic amines is 2. The number of H-pyrrole nitrogens is 2. The van der Waals surface area contributed by atoms with Gasteiger partial charge in [0.1, 0.15) is 5.69 Å². The van der Waals surface area contributed by atoms with E-state index in [4.69, 9.17) is 0 Å². The fourth-order valence-electron chi connectivity index (χ4n) is 1.77. The molecule has 0 saturated heterocycles. The van der Waals surface area contributed by atoms with E-state index in [2.05, 4.69) is 10.4 Å². The Morgan fingerprint density at radius 3 is 2.65 bits per heavy atom. The minimum Gasteiger partial charge on any atom is -0.326 e. The van der Waals surface area contributed by atoms with Crippen LogP contribution in [0.1, 0.15) is 17.7 Å². The lowest BCUT2D eigenvalue weighted by Gasteiger charge is -2.09. The van der Waals surface area contributed by atoms with E-state index in [1.165, 1.54) is 12.1 Å². The van der Waals surface area contributed by atoms with Gasteiger partial charge in [0.05, 0.1) is 5.56 Å². The smallest absolute Gasteiger partial charge is 0.326 e. The molecule has 7 nitrogen and oxygen atoms in total. The highest BCUT2D eigenvalue weighted by atomic mass is 19.4. The fourth-order valence-corrected chi connectivity index (χ4v) is 1.77. The van der Waals surface area contributed by atoms with Crippen LogP contribution in [0.4, 0.5) is 18.9 Å². The number of hydrogen-bond acceptors (Lipinski definition) is 4. The van der Waals surface area contributed by atoms with Crippen LogP contribution in [-0.4, -0.2) is 21.1 Å². The number of nitrogens with zero attached hydrogens (tertiary/aromatic N) is 1. The first-order chi connectivity index (χ1) is 10.8. The molecule has 2 aromatic rings. The zero-order valence-electron chi connectivity index (χ0n) is 11.5. The largest absolute Gasteiger partial charge is 0.416 e. The highest BCUT2D eigenvalue weighted by Gasteiger charge is 2.30. The van der Waals surface area contributed by atoms with Gasteiger partial charge in [-0.1, -0.05) is 6.07 Å². The molecule has 0 aliphatic carbocycles. The summed E-state index contributed by atoms with van der Waals surface area (Å²) in [5.41, 5.74) is -2.43. The number of aromatic nitrogens is 3. The Morgan fingerprint density at radius 1 is 1.26 bits per heavy atom. The number of carbonyl (C=O) groups is 1. The van der Waals surface area contributed by atoms with Gasteiger partial charge in [-0.2, -0.15) is 18.3 Å². The van der Waals surface area contributed by atoms with Crippen molar-refractivity contribution in [3.63, 3.8) is 0 Å². The van der Waals surface area contributed by atoms with E-state index in [-0.39, 0.29) is 24.2 Å². The molecular formula is C13H11F3N4O3. The lowest BCUT2D eigenvalue weighted by atomic mass is 10.2. The molecule has 0 atom stereocenters. The van der Waals surface area contributed by atoms with Crippen molar-refractivity contribution in [2.45, 2.75) is 19.0 Å². The van der Waals surface area contributed by atoms with Crippen molar-refractivity contribution in [2.24, 2.45) is 0 Å². The van der Waals surface area contributed by atoms with Crippen LogP contribution in [0.3, 0.4) is 0 Å². The van der Waals surface area contributed by atoms with E-state index < -0.39 is 28.9 Å². The average Bonchev–Trinajstić information content (AvgIpc) is 2.45. The van der Waals surface area contributed by atoms with Crippen LogP contribution < -0.4 is 16.6 Å². The van der Waals surface area contributed by atoms with E-state index in [9.17, 15) is 27.6 Å². The Hall–Kier alpha value is -2.91. The number of amides is 1. The topological polar surface area (TPSA) is 108 Å². The third-order valence-corrected chi connectivity index (χ3v) is 2.84. The van der Waals surface area contributed by atoms with Gasteiger partial charge >= 0.3 is 11.9 Å². The van der Waals surface area contributed by atoms with Crippen molar-refractivity contribution in [3.8, 4) is 0 Å². The molecule has 1 amide bonds. The van der Waals surface area contributed by atoms with Crippen molar-refractivity contribution >= 4 is 11.6 Å². The van der Waals surface area contributed by atoms with Gasteiger partial charge < -0.3 is 5.32 Å². The molecule has 10 heteroatoms. The molecule has 1 aromatic heterocycles. The van der Waals surface area contributed by atoms with Gasteiger partial charge in [-0.15, -0.1) is 0 Å². The van der Waals surface area contributed by atoms with Crippen LogP contribution in [0.2, 0.25) is 0 Å². The summed E-state index contributed by atoms with van der Waals surface area (Å²) in [6.07, 6.45) is -4.76. The number of anilines is 1. The van der Waals surface area contributed by atoms with Crippen molar-refractivity contribution in [1.82, 2.24) is 15.2 Å². The first-order valence-electron chi connectivity index (χ1n) is 6.41. The van der Waals surface area contributed by atoms with Gasteiger partial charge in [0.25, 0.3) is 5.56 Å². The summed E-state index contributed by atoms with van der Waals surface area (Å²) in [7, 11) is 0. The Bertz CT molecular complexity index is 826. The molecule has 1 heterocycles. The van der Waals surface area contributed by atoms with E-state index in [1.54, 1.807) is 0 Å². The molecule has 0 fully saturated rings. The Labute approximate surface area is 126 Å². The molecule has 0 bridgehead atoms. The molecular weight excluding hydrogens is 317 g/mol. The quantitative estimate of drug-likeness (QED) is 0.779. The van der Waals surface area contributed by atoms with Gasteiger partial charge in [-0.25, -0.2) is 9.89 Å². The predicted molar refractivity (Wildman–Crippen MR) is 73.9 cm³/mol. The monoisotopic (exact) mass is 328 g/mol. The molecule has 0 unspecified atom stereocenters. The van der Waals surface area contributed by atoms with Gasteiger partial charge in [0, 0.05) is 18.5 Å². The Morgan fingerprint density at radius 2 is 2.00 bits per heavy atom. The second-order valence-corrected chi connectivity index (χ2v) is 4.58. The maximum Gasteiger partial charge on any atom is 0.416 e. The summed E-state index contributed by atoms with van der Waals surface area (Å²) >= 11 is 0. The van der Waals surface area contributed by atoms with Crippen LogP contribution in [0.25, 0.3) is 0 Å². The second kappa shape index (κ2) is 6.46. The molecule has 122 valence electrons. The summed E-state index contributed by atoms with van der Waals surface area (Å²) in [5.74, 6) is -0.586. The Kier molecular flexibility index (Phi) is 4.63. The van der Waals surface area contributed by atoms with E-state index >= 15 is 0 Å². The van der Waals surface area contributed by atoms with E-state index in [0.717, 1.165) is 12.1 Å². The van der Waals surface area contributed by atoms with Gasteiger partial charge in [0.2, 0.25) is 5.91 Å². The first-order valence-corrected chi connectivity index (χ1v) is 6.41. The molecule has 0 aliphatic rings. The van der Waals surface area contributed by atoms with Gasteiger partial charge in [-0.3, -0.25) is 14.6 Å². The highest BCUT2D eigenvalue weighted by Crippen LogP contribution is 2.30. The molecule has 23 heavy (non-hydrogen) atoms. The number of hydrogen-bond donors (Lipinski definition) is 3. The molecule has 0 spiro atoms. The lowest BCUT2D eigenvalue weighted by Crippen LogP contribution is -2.28. The Balaban J connectivity index is 2.00.